The Morgan fingerprint density at radius 3 is 2.07 bits per heavy atom. The third-order valence-corrected chi connectivity index (χ3v) is 20.3. The maximum atomic E-state index is 13.5. The van der Waals surface area contributed by atoms with E-state index in [2.05, 4.69) is 82.0 Å². The lowest BCUT2D eigenvalue weighted by Crippen LogP contribution is -2.67. The summed E-state index contributed by atoms with van der Waals surface area (Å²) in [6.07, 6.45) is 12.3. The fourth-order valence-electron chi connectivity index (χ4n) is 12.4. The van der Waals surface area contributed by atoms with E-state index < -0.39 is 8.32 Å². The number of hydrogen-bond acceptors (Lipinski definition) is 3. The summed E-state index contributed by atoms with van der Waals surface area (Å²) in [5.74, 6) is 2.92. The first-order chi connectivity index (χ1) is 18.7. The minimum atomic E-state index is -1.84. The lowest BCUT2D eigenvalue weighted by molar-refractivity contribution is -0.247. The topological polar surface area (TPSA) is 35.5 Å². The highest BCUT2D eigenvalue weighted by atomic mass is 28.4. The molecule has 5 aliphatic rings. The number of rotatable bonds is 4. The van der Waals surface area contributed by atoms with Gasteiger partial charge in [-0.05, 0) is 141 Å². The van der Waals surface area contributed by atoms with Crippen molar-refractivity contribution in [2.75, 3.05) is 7.11 Å². The van der Waals surface area contributed by atoms with E-state index in [0.29, 0.717) is 40.6 Å². The van der Waals surface area contributed by atoms with Crippen LogP contribution in [-0.4, -0.2) is 27.5 Å². The minimum Gasteiger partial charge on any atom is -0.469 e. The molecule has 4 heteroatoms. The van der Waals surface area contributed by atoms with Crippen LogP contribution in [0.25, 0.3) is 0 Å². The van der Waals surface area contributed by atoms with Gasteiger partial charge in [0.05, 0.1) is 18.6 Å². The molecule has 0 aliphatic heterocycles. The summed E-state index contributed by atoms with van der Waals surface area (Å²) in [6.45, 7) is 31.9. The summed E-state index contributed by atoms with van der Waals surface area (Å²) in [4.78, 5) is 13.5. The van der Waals surface area contributed by atoms with E-state index in [1.54, 1.807) is 7.11 Å². The van der Waals surface area contributed by atoms with Gasteiger partial charge in [0.25, 0.3) is 0 Å². The van der Waals surface area contributed by atoms with Crippen molar-refractivity contribution < 1.29 is 14.0 Å². The first-order valence-electron chi connectivity index (χ1n) is 17.1. The van der Waals surface area contributed by atoms with Gasteiger partial charge in [-0.2, -0.15) is 0 Å². The molecule has 0 unspecified atom stereocenters. The Morgan fingerprint density at radius 2 is 1.49 bits per heavy atom. The van der Waals surface area contributed by atoms with Gasteiger partial charge in [0.2, 0.25) is 0 Å². The molecule has 0 heterocycles. The lowest BCUT2D eigenvalue weighted by Gasteiger charge is -2.73. The number of allylic oxidation sites excluding steroid dienone is 1. The van der Waals surface area contributed by atoms with Gasteiger partial charge in [-0.1, -0.05) is 67.5 Å². The van der Waals surface area contributed by atoms with Gasteiger partial charge in [-0.15, -0.1) is 0 Å². The molecule has 10 atom stereocenters. The van der Waals surface area contributed by atoms with E-state index in [0.717, 1.165) is 25.2 Å². The molecule has 0 radical (unpaired) electrons. The summed E-state index contributed by atoms with van der Waals surface area (Å²) >= 11 is 0. The van der Waals surface area contributed by atoms with E-state index in [4.69, 9.17) is 9.16 Å². The Kier molecular flexibility index (Phi) is 7.52. The molecule has 5 saturated carbocycles. The van der Waals surface area contributed by atoms with Crippen LogP contribution in [0.2, 0.25) is 18.1 Å². The van der Waals surface area contributed by atoms with E-state index >= 15 is 0 Å². The second-order valence-electron chi connectivity index (χ2n) is 18.6. The number of carbonyl (C=O) groups is 1. The van der Waals surface area contributed by atoms with Crippen LogP contribution in [0.3, 0.4) is 0 Å². The van der Waals surface area contributed by atoms with Crippen LogP contribution in [0, 0.1) is 56.7 Å². The van der Waals surface area contributed by atoms with Crippen LogP contribution >= 0.6 is 0 Å². The molecule has 0 saturated heterocycles. The van der Waals surface area contributed by atoms with Crippen LogP contribution in [0.4, 0.5) is 0 Å². The zero-order valence-electron chi connectivity index (χ0n) is 29.0. The highest BCUT2D eigenvalue weighted by Crippen LogP contribution is 2.77. The molecule has 41 heavy (non-hydrogen) atoms. The van der Waals surface area contributed by atoms with E-state index in [1.165, 1.54) is 50.5 Å². The van der Waals surface area contributed by atoms with Crippen molar-refractivity contribution in [1.29, 1.82) is 0 Å². The quantitative estimate of drug-likeness (QED) is 0.187. The molecule has 0 aromatic heterocycles. The maximum Gasteiger partial charge on any atom is 0.312 e. The molecular weight excluding hydrogens is 520 g/mol. The SMILES string of the molecule is C=C(C)[C@@H]1CC[C@]2(C(=O)OC)CC[C@]3(C)[C@H](CC[C@@H]4[C@@]5(C)CC[C@H](O[Si](C)(C)C(C)(C)C)C(C)(C)[C@@H]5CC[C@]43C)[C@@H]12. The number of ether oxygens (including phenoxy) is 1. The van der Waals surface area contributed by atoms with Crippen molar-refractivity contribution in [3.8, 4) is 0 Å². The predicted octanol–water partition coefficient (Wildman–Crippen LogP) is 10.2. The van der Waals surface area contributed by atoms with Crippen LogP contribution in [0.5, 0.6) is 0 Å². The molecule has 5 rings (SSSR count). The highest BCUT2D eigenvalue weighted by Gasteiger charge is 2.72. The number of hydrogen-bond donors (Lipinski definition) is 0. The molecule has 3 nitrogen and oxygen atoms in total. The van der Waals surface area contributed by atoms with Crippen molar-refractivity contribution >= 4 is 14.3 Å². The fourth-order valence-corrected chi connectivity index (χ4v) is 13.9. The number of esters is 1. The normalized spacial score (nSPS) is 47.4. The summed E-state index contributed by atoms with van der Waals surface area (Å²) in [6, 6.07) is 0. The van der Waals surface area contributed by atoms with E-state index in [9.17, 15) is 4.79 Å². The predicted molar refractivity (Wildman–Crippen MR) is 173 cm³/mol. The average Bonchev–Trinajstić information content (AvgIpc) is 3.26. The van der Waals surface area contributed by atoms with Gasteiger partial charge in [0.1, 0.15) is 0 Å². The van der Waals surface area contributed by atoms with Crippen molar-refractivity contribution in [2.45, 2.75) is 151 Å². The Balaban J connectivity index is 1.48. The van der Waals surface area contributed by atoms with Crippen LogP contribution in [0.1, 0.15) is 127 Å². The highest BCUT2D eigenvalue weighted by molar-refractivity contribution is 6.74. The lowest BCUT2D eigenvalue weighted by atomic mass is 9.32. The molecule has 5 fully saturated rings. The molecule has 0 aromatic rings. The second-order valence-corrected chi connectivity index (χ2v) is 23.3. The molecule has 0 bridgehead atoms. The molecule has 0 spiro atoms. The van der Waals surface area contributed by atoms with Crippen LogP contribution in [-0.2, 0) is 14.0 Å². The average molecular weight is 585 g/mol. The first kappa shape index (κ1) is 31.8. The summed E-state index contributed by atoms with van der Waals surface area (Å²) in [7, 11) is -0.225. The number of fused-ring (bicyclic) bond motifs is 7. The zero-order chi connectivity index (χ0) is 30.6. The Hall–Kier alpha value is -0.613. The standard InChI is InChI=1S/C37H64O3Si/c1-24(2)25-16-21-37(31(38)39-11)23-22-35(9)26(30(25)37)14-15-28-34(8)19-18-29(40-41(12,13)32(3,4)5)33(6,7)27(34)17-20-36(28,35)10/h25-30H,1,14-23H2,2-13H3/t25-,26+,27-,28+,29-,30+,34-,35+,36+,37-/m0/s1. The monoisotopic (exact) mass is 584 g/mol. The van der Waals surface area contributed by atoms with Crippen molar-refractivity contribution in [1.82, 2.24) is 0 Å². The summed E-state index contributed by atoms with van der Waals surface area (Å²) < 4.78 is 12.8. The molecule has 0 aromatic carbocycles. The van der Waals surface area contributed by atoms with Crippen LogP contribution in [0.15, 0.2) is 12.2 Å². The molecule has 0 amide bonds. The van der Waals surface area contributed by atoms with Crippen molar-refractivity contribution in [3.05, 3.63) is 12.2 Å². The van der Waals surface area contributed by atoms with Crippen molar-refractivity contribution in [2.24, 2.45) is 56.7 Å². The number of methoxy groups -OCH3 is 1. The zero-order valence-corrected chi connectivity index (χ0v) is 30.0. The summed E-state index contributed by atoms with van der Waals surface area (Å²) in [5, 5.41) is 0.240. The van der Waals surface area contributed by atoms with E-state index in [1.807, 2.05) is 0 Å². The van der Waals surface area contributed by atoms with Gasteiger partial charge in [-0.25, -0.2) is 0 Å². The third kappa shape index (κ3) is 4.21. The van der Waals surface area contributed by atoms with Gasteiger partial charge in [-0.3, -0.25) is 4.79 Å². The first-order valence-corrected chi connectivity index (χ1v) is 20.1. The van der Waals surface area contributed by atoms with Crippen molar-refractivity contribution in [3.63, 3.8) is 0 Å². The van der Waals surface area contributed by atoms with E-state index in [-0.39, 0.29) is 27.3 Å². The Bertz CT molecular complexity index is 1070. The van der Waals surface area contributed by atoms with Gasteiger partial charge < -0.3 is 9.16 Å². The molecule has 0 N–H and O–H groups in total. The molecular formula is C37H64O3Si. The largest absolute Gasteiger partial charge is 0.469 e. The van der Waals surface area contributed by atoms with Crippen LogP contribution < -0.4 is 0 Å². The summed E-state index contributed by atoms with van der Waals surface area (Å²) in [5.41, 5.74) is 2.07. The van der Waals surface area contributed by atoms with Gasteiger partial charge in [0.15, 0.2) is 8.32 Å². The maximum absolute atomic E-state index is 13.5. The third-order valence-electron chi connectivity index (χ3n) is 15.8. The second kappa shape index (κ2) is 9.69. The van der Waals surface area contributed by atoms with Gasteiger partial charge in [0, 0.05) is 0 Å². The Morgan fingerprint density at radius 1 is 0.829 bits per heavy atom. The Labute approximate surface area is 254 Å². The number of carbonyl (C=O) groups excluding carboxylic acids is 1. The minimum absolute atomic E-state index is 0.0676. The smallest absolute Gasteiger partial charge is 0.312 e. The van der Waals surface area contributed by atoms with Gasteiger partial charge >= 0.3 is 5.97 Å². The molecule has 5 aliphatic carbocycles. The molecule has 234 valence electrons. The fraction of sp³-hybridized carbons (Fsp3) is 0.919.